The van der Waals surface area contributed by atoms with Crippen LogP contribution < -0.4 is 5.32 Å². The molecule has 136 valence electrons. The molecule has 25 heavy (non-hydrogen) atoms. The van der Waals surface area contributed by atoms with Crippen LogP contribution in [0.5, 0.6) is 0 Å². The fourth-order valence-corrected chi connectivity index (χ4v) is 5.07. The normalized spacial score (nSPS) is 15.3. The molecule has 2 aromatic heterocycles. The van der Waals surface area contributed by atoms with Gasteiger partial charge in [0.25, 0.3) is 0 Å². The first-order chi connectivity index (χ1) is 12.2. The Balaban J connectivity index is 1.62. The van der Waals surface area contributed by atoms with Crippen LogP contribution in [-0.4, -0.2) is 68.6 Å². The number of thioether (sulfide) groups is 1. The second kappa shape index (κ2) is 9.00. The molecule has 1 aliphatic rings. The summed E-state index contributed by atoms with van der Waals surface area (Å²) < 4.78 is 11.3. The van der Waals surface area contributed by atoms with Crippen molar-refractivity contribution in [3.05, 3.63) is 16.3 Å². The van der Waals surface area contributed by atoms with E-state index in [9.17, 15) is 4.79 Å². The first-order valence-electron chi connectivity index (χ1n) is 7.97. The number of methoxy groups -OCH3 is 1. The van der Waals surface area contributed by atoms with Crippen LogP contribution in [0.4, 0.5) is 5.13 Å². The van der Waals surface area contributed by atoms with Gasteiger partial charge < -0.3 is 14.8 Å². The molecule has 3 heterocycles. The minimum absolute atomic E-state index is 0.300. The highest BCUT2D eigenvalue weighted by Gasteiger charge is 2.18. The zero-order chi connectivity index (χ0) is 17.6. The molecular formula is C16H21N3O3S3. The summed E-state index contributed by atoms with van der Waals surface area (Å²) in [6.07, 6.45) is 2.00. The lowest BCUT2D eigenvalue weighted by Crippen LogP contribution is -2.38. The van der Waals surface area contributed by atoms with Gasteiger partial charge in [-0.15, -0.1) is 34.4 Å². The molecule has 0 unspecified atom stereocenters. The molecule has 0 aromatic carbocycles. The van der Waals surface area contributed by atoms with E-state index < -0.39 is 0 Å². The van der Waals surface area contributed by atoms with Gasteiger partial charge in [-0.1, -0.05) is 0 Å². The van der Waals surface area contributed by atoms with Gasteiger partial charge in [0, 0.05) is 37.1 Å². The third kappa shape index (κ3) is 4.73. The molecule has 0 aliphatic carbocycles. The molecule has 0 atom stereocenters. The summed E-state index contributed by atoms with van der Waals surface area (Å²) >= 11 is 4.66. The van der Waals surface area contributed by atoms with Crippen LogP contribution >= 0.6 is 34.4 Å². The van der Waals surface area contributed by atoms with Crippen molar-refractivity contribution in [2.75, 3.05) is 58.1 Å². The van der Waals surface area contributed by atoms with E-state index in [1.54, 1.807) is 23.1 Å². The smallest absolute Gasteiger partial charge is 0.348 e. The maximum absolute atomic E-state index is 11.8. The Hall–Kier alpha value is -1.13. The molecule has 0 radical (unpaired) electrons. The lowest BCUT2D eigenvalue weighted by Gasteiger charge is -2.26. The van der Waals surface area contributed by atoms with Crippen LogP contribution in [-0.2, 0) is 9.47 Å². The zero-order valence-corrected chi connectivity index (χ0v) is 16.7. The first kappa shape index (κ1) is 18.7. The Morgan fingerprint density at radius 3 is 3.00 bits per heavy atom. The highest BCUT2D eigenvalue weighted by molar-refractivity contribution is 8.00. The summed E-state index contributed by atoms with van der Waals surface area (Å²) in [5.74, 6) is -0.300. The van der Waals surface area contributed by atoms with E-state index in [0.29, 0.717) is 4.88 Å². The van der Waals surface area contributed by atoms with Gasteiger partial charge >= 0.3 is 5.97 Å². The molecule has 9 heteroatoms. The van der Waals surface area contributed by atoms with Crippen LogP contribution in [0.15, 0.2) is 15.7 Å². The van der Waals surface area contributed by atoms with Gasteiger partial charge in [0.15, 0.2) is 5.13 Å². The van der Waals surface area contributed by atoms with Crippen LogP contribution in [0.2, 0.25) is 0 Å². The second-order valence-corrected chi connectivity index (χ2v) is 8.41. The fourth-order valence-electron chi connectivity index (χ4n) is 2.53. The Morgan fingerprint density at radius 1 is 1.48 bits per heavy atom. The van der Waals surface area contributed by atoms with Gasteiger partial charge in [-0.2, -0.15) is 0 Å². The Labute approximate surface area is 159 Å². The highest BCUT2D eigenvalue weighted by atomic mass is 32.2. The molecule has 2 aromatic rings. The number of aromatic nitrogens is 1. The van der Waals surface area contributed by atoms with E-state index in [-0.39, 0.29) is 5.97 Å². The third-order valence-electron chi connectivity index (χ3n) is 3.86. The van der Waals surface area contributed by atoms with Crippen LogP contribution in [0, 0.1) is 0 Å². The molecule has 1 saturated heterocycles. The average molecular weight is 400 g/mol. The Bertz CT molecular complexity index is 711. The summed E-state index contributed by atoms with van der Waals surface area (Å²) in [6.45, 7) is 5.47. The van der Waals surface area contributed by atoms with Crippen molar-refractivity contribution >= 4 is 45.5 Å². The first-order valence-corrected chi connectivity index (χ1v) is 10.9. The van der Waals surface area contributed by atoms with Gasteiger partial charge in [0.2, 0.25) is 0 Å². The predicted octanol–water partition coefficient (Wildman–Crippen LogP) is 3.12. The lowest BCUT2D eigenvalue weighted by atomic mass is 10.2. The molecule has 0 bridgehead atoms. The fraction of sp³-hybridized carbons (Fsp3) is 0.500. The van der Waals surface area contributed by atoms with Crippen molar-refractivity contribution < 1.29 is 14.3 Å². The summed E-state index contributed by atoms with van der Waals surface area (Å²) in [5, 5.41) is 6.32. The molecule has 0 spiro atoms. The molecule has 0 saturated carbocycles. The molecule has 0 amide bonds. The number of nitrogens with one attached hydrogen (secondary N) is 1. The summed E-state index contributed by atoms with van der Waals surface area (Å²) in [5.41, 5.74) is 1.89. The number of hydrogen-bond acceptors (Lipinski definition) is 9. The minimum Gasteiger partial charge on any atom is -0.465 e. The van der Waals surface area contributed by atoms with Crippen molar-refractivity contribution in [2.45, 2.75) is 4.21 Å². The van der Waals surface area contributed by atoms with E-state index in [4.69, 9.17) is 9.47 Å². The highest BCUT2D eigenvalue weighted by Crippen LogP contribution is 2.39. The van der Waals surface area contributed by atoms with Crippen molar-refractivity contribution in [3.63, 3.8) is 0 Å². The maximum Gasteiger partial charge on any atom is 0.348 e. The molecule has 1 N–H and O–H groups in total. The Kier molecular flexibility index (Phi) is 6.71. The van der Waals surface area contributed by atoms with Crippen LogP contribution in [0.1, 0.15) is 9.67 Å². The SMILES string of the molecule is COC(=O)c1cc(-c2csc(NCCN3CCOCC3)n2)c(SC)s1. The summed E-state index contributed by atoms with van der Waals surface area (Å²) in [7, 11) is 1.40. The number of anilines is 1. The number of hydrogen-bond donors (Lipinski definition) is 1. The molecular weight excluding hydrogens is 378 g/mol. The summed E-state index contributed by atoms with van der Waals surface area (Å²) in [6, 6.07) is 1.87. The molecule has 6 nitrogen and oxygen atoms in total. The van der Waals surface area contributed by atoms with Gasteiger partial charge in [-0.25, -0.2) is 9.78 Å². The predicted molar refractivity (Wildman–Crippen MR) is 104 cm³/mol. The van der Waals surface area contributed by atoms with Crippen molar-refractivity contribution in [2.24, 2.45) is 0 Å². The Morgan fingerprint density at radius 2 is 2.28 bits per heavy atom. The number of carbonyl (C=O) groups is 1. The number of carbonyl (C=O) groups excluding carboxylic acids is 1. The van der Waals surface area contributed by atoms with E-state index in [0.717, 1.165) is 60.0 Å². The standard InChI is InChI=1S/C16H21N3O3S3/c1-21-14(20)13-9-11(15(23-2)25-13)12-10-24-16(18-12)17-3-4-19-5-7-22-8-6-19/h9-10H,3-8H2,1-2H3,(H,17,18). The second-order valence-electron chi connectivity index (χ2n) is 5.43. The number of rotatable bonds is 7. The van der Waals surface area contributed by atoms with Gasteiger partial charge in [0.1, 0.15) is 4.88 Å². The topological polar surface area (TPSA) is 63.7 Å². The van der Waals surface area contributed by atoms with E-state index in [1.807, 2.05) is 17.7 Å². The van der Waals surface area contributed by atoms with Crippen molar-refractivity contribution in [1.29, 1.82) is 0 Å². The molecule has 3 rings (SSSR count). The zero-order valence-electron chi connectivity index (χ0n) is 14.2. The monoisotopic (exact) mass is 399 g/mol. The van der Waals surface area contributed by atoms with E-state index in [2.05, 4.69) is 15.2 Å². The lowest BCUT2D eigenvalue weighted by molar-refractivity contribution is 0.0398. The van der Waals surface area contributed by atoms with Gasteiger partial charge in [0.05, 0.1) is 30.2 Å². The number of morpholine rings is 1. The number of nitrogens with zero attached hydrogens (tertiary/aromatic N) is 2. The summed E-state index contributed by atoms with van der Waals surface area (Å²) in [4.78, 5) is 19.4. The largest absolute Gasteiger partial charge is 0.465 e. The van der Waals surface area contributed by atoms with Crippen LogP contribution in [0.3, 0.4) is 0 Å². The third-order valence-corrected chi connectivity index (χ3v) is 6.91. The molecule has 1 fully saturated rings. The van der Waals surface area contributed by atoms with E-state index >= 15 is 0 Å². The van der Waals surface area contributed by atoms with Crippen molar-refractivity contribution in [1.82, 2.24) is 9.88 Å². The number of ether oxygens (including phenoxy) is 2. The number of thiophene rings is 1. The van der Waals surface area contributed by atoms with Gasteiger partial charge in [-0.05, 0) is 12.3 Å². The van der Waals surface area contributed by atoms with Crippen molar-refractivity contribution in [3.8, 4) is 11.3 Å². The average Bonchev–Trinajstić information content (AvgIpc) is 3.28. The van der Waals surface area contributed by atoms with Gasteiger partial charge in [-0.3, -0.25) is 4.90 Å². The van der Waals surface area contributed by atoms with Crippen LogP contribution in [0.25, 0.3) is 11.3 Å². The number of thiazole rings is 1. The molecule has 1 aliphatic heterocycles. The quantitative estimate of drug-likeness (QED) is 0.567. The minimum atomic E-state index is -0.300. The number of esters is 1. The maximum atomic E-state index is 11.8. The van der Waals surface area contributed by atoms with E-state index in [1.165, 1.54) is 18.4 Å².